The number of carbonyl (C=O) groups is 3. The molecule has 2 aromatic heterocycles. The molecule has 3 aromatic rings. The molecular formula is C22H22N4O5S. The normalized spacial score (nSPS) is 13.5. The lowest BCUT2D eigenvalue weighted by molar-refractivity contribution is -0.123. The van der Waals surface area contributed by atoms with Gasteiger partial charge in [-0.2, -0.15) is 0 Å². The highest BCUT2D eigenvalue weighted by Crippen LogP contribution is 2.29. The number of hydrogen-bond donors (Lipinski definition) is 2. The number of hydrogen-bond acceptors (Lipinski definition) is 7. The molecule has 0 saturated heterocycles. The Kier molecular flexibility index (Phi) is 5.79. The van der Waals surface area contributed by atoms with Gasteiger partial charge in [-0.1, -0.05) is 0 Å². The molecule has 0 aliphatic carbocycles. The van der Waals surface area contributed by atoms with Crippen molar-refractivity contribution in [1.29, 1.82) is 0 Å². The highest BCUT2D eigenvalue weighted by atomic mass is 32.1. The Morgan fingerprint density at radius 2 is 1.81 bits per heavy atom. The molecule has 1 aromatic carbocycles. The van der Waals surface area contributed by atoms with Crippen molar-refractivity contribution in [1.82, 2.24) is 9.55 Å². The van der Waals surface area contributed by atoms with Crippen LogP contribution in [0, 0.1) is 6.92 Å². The molecule has 10 heteroatoms. The number of nitrogens with zero attached hydrogens (tertiary/aromatic N) is 2. The van der Waals surface area contributed by atoms with Gasteiger partial charge in [-0.25, -0.2) is 9.78 Å². The molecule has 0 radical (unpaired) electrons. The summed E-state index contributed by atoms with van der Waals surface area (Å²) < 4.78 is 7.02. The number of esters is 1. The summed E-state index contributed by atoms with van der Waals surface area (Å²) in [6, 6.07) is 6.56. The zero-order valence-electron chi connectivity index (χ0n) is 17.9. The van der Waals surface area contributed by atoms with E-state index in [1.807, 2.05) is 0 Å². The second-order valence-electron chi connectivity index (χ2n) is 7.62. The van der Waals surface area contributed by atoms with Crippen molar-refractivity contribution in [2.24, 2.45) is 0 Å². The second-order valence-corrected chi connectivity index (χ2v) is 8.62. The summed E-state index contributed by atoms with van der Waals surface area (Å²) in [7, 11) is 0. The summed E-state index contributed by atoms with van der Waals surface area (Å²) in [6.07, 6.45) is 0.572. The number of thiophene rings is 1. The van der Waals surface area contributed by atoms with Gasteiger partial charge in [0.25, 0.3) is 11.5 Å². The molecule has 166 valence electrons. The van der Waals surface area contributed by atoms with Crippen LogP contribution < -0.4 is 16.2 Å². The summed E-state index contributed by atoms with van der Waals surface area (Å²) in [5.41, 5.74) is 1.49. The first-order valence-electron chi connectivity index (χ1n) is 10.2. The van der Waals surface area contributed by atoms with E-state index in [0.29, 0.717) is 33.7 Å². The number of nitrogens with one attached hydrogen (secondary N) is 2. The van der Waals surface area contributed by atoms with Crippen LogP contribution in [0.3, 0.4) is 0 Å². The van der Waals surface area contributed by atoms with Gasteiger partial charge in [0.2, 0.25) is 5.91 Å². The van der Waals surface area contributed by atoms with Crippen molar-refractivity contribution in [3.8, 4) is 0 Å². The number of rotatable bonds is 5. The van der Waals surface area contributed by atoms with Crippen molar-refractivity contribution in [3.63, 3.8) is 0 Å². The van der Waals surface area contributed by atoms with E-state index >= 15 is 0 Å². The van der Waals surface area contributed by atoms with Crippen LogP contribution in [0.2, 0.25) is 0 Å². The number of fused-ring (bicyclic) bond motifs is 2. The lowest BCUT2D eigenvalue weighted by Gasteiger charge is -2.13. The van der Waals surface area contributed by atoms with Crippen LogP contribution in [0.15, 0.2) is 29.1 Å². The summed E-state index contributed by atoms with van der Waals surface area (Å²) in [6.45, 7) is 5.21. The largest absolute Gasteiger partial charge is 0.448 e. The van der Waals surface area contributed by atoms with Gasteiger partial charge in [0.1, 0.15) is 15.5 Å². The molecule has 4 rings (SSSR count). The van der Waals surface area contributed by atoms with Crippen molar-refractivity contribution < 1.29 is 19.1 Å². The minimum absolute atomic E-state index is 0.135. The van der Waals surface area contributed by atoms with Crippen LogP contribution in [0.1, 0.15) is 41.3 Å². The summed E-state index contributed by atoms with van der Waals surface area (Å²) in [4.78, 5) is 54.4. The van der Waals surface area contributed by atoms with Crippen LogP contribution >= 0.6 is 11.3 Å². The standard InChI is InChI=1S/C22H22N4O5S/c1-11-17-20(25-16-5-4-10-26(16)21(17)29)32-18(11)22(30)31-12(2)19(28)24-15-8-6-14(7-9-15)23-13(3)27/h6-9,12H,4-5,10H2,1-3H3,(H,23,27)(H,24,28)/t12-/m0/s1. The molecular weight excluding hydrogens is 432 g/mol. The molecule has 1 aliphatic rings. The van der Waals surface area contributed by atoms with E-state index in [0.717, 1.165) is 30.0 Å². The van der Waals surface area contributed by atoms with Gasteiger partial charge in [0, 0.05) is 31.3 Å². The maximum atomic E-state index is 12.8. The number of amides is 2. The topological polar surface area (TPSA) is 119 Å². The number of benzene rings is 1. The van der Waals surface area contributed by atoms with Crippen molar-refractivity contribution >= 4 is 50.7 Å². The molecule has 3 heterocycles. The maximum absolute atomic E-state index is 12.8. The number of anilines is 2. The van der Waals surface area contributed by atoms with E-state index in [-0.39, 0.29) is 16.3 Å². The Morgan fingerprint density at radius 3 is 2.47 bits per heavy atom. The number of aromatic nitrogens is 2. The zero-order valence-corrected chi connectivity index (χ0v) is 18.7. The van der Waals surface area contributed by atoms with Gasteiger partial charge in [0.15, 0.2) is 6.10 Å². The predicted octanol–water partition coefficient (Wildman–Crippen LogP) is 2.86. The molecule has 0 fully saturated rings. The van der Waals surface area contributed by atoms with Crippen LogP contribution in [0.25, 0.3) is 10.2 Å². The highest BCUT2D eigenvalue weighted by Gasteiger charge is 2.26. The minimum atomic E-state index is -1.05. The van der Waals surface area contributed by atoms with Crippen molar-refractivity contribution in [2.45, 2.75) is 46.3 Å². The molecule has 9 nitrogen and oxygen atoms in total. The lowest BCUT2D eigenvalue weighted by Crippen LogP contribution is -2.30. The van der Waals surface area contributed by atoms with Gasteiger partial charge in [-0.05, 0) is 50.1 Å². The molecule has 2 N–H and O–H groups in total. The van der Waals surface area contributed by atoms with Gasteiger partial charge in [-0.15, -0.1) is 11.3 Å². The van der Waals surface area contributed by atoms with E-state index in [2.05, 4.69) is 15.6 Å². The Balaban J connectivity index is 1.46. The minimum Gasteiger partial charge on any atom is -0.448 e. The molecule has 0 spiro atoms. The Bertz CT molecular complexity index is 1290. The van der Waals surface area contributed by atoms with Crippen molar-refractivity contribution in [2.75, 3.05) is 10.6 Å². The Morgan fingerprint density at radius 1 is 1.16 bits per heavy atom. The van der Waals surface area contributed by atoms with Crippen LogP contribution in [-0.2, 0) is 27.3 Å². The average Bonchev–Trinajstić information content (AvgIpc) is 3.34. The quantitative estimate of drug-likeness (QED) is 0.572. The van der Waals surface area contributed by atoms with E-state index in [9.17, 15) is 19.2 Å². The smallest absolute Gasteiger partial charge is 0.349 e. The third-order valence-corrected chi connectivity index (χ3v) is 6.39. The second kappa shape index (κ2) is 8.54. The summed E-state index contributed by atoms with van der Waals surface area (Å²) in [5, 5.41) is 5.74. The highest BCUT2D eigenvalue weighted by molar-refractivity contribution is 7.20. The molecule has 1 aliphatic heterocycles. The fourth-order valence-electron chi connectivity index (χ4n) is 3.62. The Hall–Kier alpha value is -3.53. The van der Waals surface area contributed by atoms with Crippen LogP contribution in [0.4, 0.5) is 11.4 Å². The predicted molar refractivity (Wildman–Crippen MR) is 121 cm³/mol. The molecule has 1 atom stereocenters. The van der Waals surface area contributed by atoms with E-state index in [1.165, 1.54) is 13.8 Å². The fraction of sp³-hybridized carbons (Fsp3) is 0.318. The number of ether oxygens (including phenoxy) is 1. The monoisotopic (exact) mass is 454 g/mol. The molecule has 0 bridgehead atoms. The zero-order chi connectivity index (χ0) is 23.0. The van der Waals surface area contributed by atoms with Gasteiger partial charge in [0.05, 0.1) is 5.39 Å². The average molecular weight is 455 g/mol. The first-order chi connectivity index (χ1) is 15.2. The summed E-state index contributed by atoms with van der Waals surface area (Å²) >= 11 is 1.11. The van der Waals surface area contributed by atoms with Gasteiger partial charge >= 0.3 is 5.97 Å². The van der Waals surface area contributed by atoms with Gasteiger partial charge in [-0.3, -0.25) is 19.0 Å². The fourth-order valence-corrected chi connectivity index (χ4v) is 4.70. The van der Waals surface area contributed by atoms with E-state index in [1.54, 1.807) is 35.8 Å². The number of aryl methyl sites for hydroxylation is 2. The molecule has 0 unspecified atom stereocenters. The molecule has 32 heavy (non-hydrogen) atoms. The van der Waals surface area contributed by atoms with Crippen LogP contribution in [-0.4, -0.2) is 33.4 Å². The third kappa shape index (κ3) is 4.13. The molecule has 2 amide bonds. The van der Waals surface area contributed by atoms with E-state index in [4.69, 9.17) is 4.74 Å². The Labute approximate surface area is 187 Å². The van der Waals surface area contributed by atoms with Gasteiger partial charge < -0.3 is 15.4 Å². The third-order valence-electron chi connectivity index (χ3n) is 5.22. The lowest BCUT2D eigenvalue weighted by atomic mass is 10.2. The first kappa shape index (κ1) is 21.7. The SMILES string of the molecule is CC(=O)Nc1ccc(NC(=O)[C@H](C)OC(=O)c2sc3nc4n(c(=O)c3c2C)CCC4)cc1. The van der Waals surface area contributed by atoms with E-state index < -0.39 is 18.0 Å². The summed E-state index contributed by atoms with van der Waals surface area (Å²) in [5.74, 6) is -0.623. The van der Waals surface area contributed by atoms with Crippen molar-refractivity contribution in [3.05, 3.63) is 50.9 Å². The maximum Gasteiger partial charge on any atom is 0.349 e. The van der Waals surface area contributed by atoms with Crippen LogP contribution in [0.5, 0.6) is 0 Å². The molecule has 0 saturated carbocycles. The first-order valence-corrected chi connectivity index (χ1v) is 11.0. The number of carbonyl (C=O) groups excluding carboxylic acids is 3.